The number of rotatable bonds is 9. The van der Waals surface area contributed by atoms with Gasteiger partial charge >= 0.3 is 6.18 Å². The summed E-state index contributed by atoms with van der Waals surface area (Å²) >= 11 is 0. The van der Waals surface area contributed by atoms with E-state index in [1.54, 1.807) is 6.07 Å². The van der Waals surface area contributed by atoms with Gasteiger partial charge in [-0.2, -0.15) is 13.2 Å². The molecular formula is C26H30F3N3O2. The average Bonchev–Trinajstić information content (AvgIpc) is 3.22. The smallest absolute Gasteiger partial charge is 0.416 e. The fourth-order valence-corrected chi connectivity index (χ4v) is 3.55. The van der Waals surface area contributed by atoms with E-state index in [1.807, 2.05) is 44.7 Å². The van der Waals surface area contributed by atoms with Gasteiger partial charge in [-0.05, 0) is 42.5 Å². The number of hydrogen-bond acceptors (Lipinski definition) is 4. The van der Waals surface area contributed by atoms with Crippen LogP contribution in [0.25, 0.3) is 0 Å². The molecule has 0 radical (unpaired) electrons. The van der Waals surface area contributed by atoms with Crippen LogP contribution in [0.2, 0.25) is 0 Å². The Labute approximate surface area is 198 Å². The summed E-state index contributed by atoms with van der Waals surface area (Å²) in [6.07, 6.45) is -3.10. The monoisotopic (exact) mass is 473 g/mol. The minimum absolute atomic E-state index is 0.182. The Morgan fingerprint density at radius 2 is 1.85 bits per heavy atom. The molecule has 0 aliphatic heterocycles. The van der Waals surface area contributed by atoms with Crippen molar-refractivity contribution in [3.8, 4) is 0 Å². The third kappa shape index (κ3) is 7.18. The Balaban J connectivity index is 1.82. The van der Waals surface area contributed by atoms with E-state index in [2.05, 4.69) is 16.4 Å². The first-order chi connectivity index (χ1) is 16.0. The van der Waals surface area contributed by atoms with Crippen LogP contribution in [0.4, 0.5) is 13.2 Å². The summed E-state index contributed by atoms with van der Waals surface area (Å²) < 4.78 is 45.2. The first-order valence-electron chi connectivity index (χ1n) is 11.2. The second-order valence-corrected chi connectivity index (χ2v) is 9.00. The zero-order valence-electron chi connectivity index (χ0n) is 19.9. The molecule has 3 rings (SSSR count). The number of alkyl halides is 3. The Morgan fingerprint density at radius 3 is 2.56 bits per heavy atom. The van der Waals surface area contributed by atoms with Gasteiger partial charge in [0, 0.05) is 19.6 Å². The summed E-state index contributed by atoms with van der Waals surface area (Å²) in [5.74, 6) is 0.311. The van der Waals surface area contributed by atoms with E-state index in [-0.39, 0.29) is 24.7 Å². The maximum absolute atomic E-state index is 13.2. The lowest BCUT2D eigenvalue weighted by atomic mass is 10.0. The molecule has 0 saturated heterocycles. The number of carbonyl (C=O) groups is 1. The number of hydrogen-bond donors (Lipinski definition) is 1. The van der Waals surface area contributed by atoms with Gasteiger partial charge in [-0.3, -0.25) is 9.69 Å². The topological polar surface area (TPSA) is 58.4 Å². The third-order valence-corrected chi connectivity index (χ3v) is 5.37. The molecular weight excluding hydrogens is 443 g/mol. The molecule has 0 unspecified atom stereocenters. The van der Waals surface area contributed by atoms with E-state index < -0.39 is 11.7 Å². The highest BCUT2D eigenvalue weighted by atomic mass is 19.4. The molecule has 0 bridgehead atoms. The number of aromatic nitrogens is 1. The van der Waals surface area contributed by atoms with Crippen molar-refractivity contribution in [2.45, 2.75) is 53.5 Å². The molecule has 8 heteroatoms. The van der Waals surface area contributed by atoms with Gasteiger partial charge in [0.15, 0.2) is 5.69 Å². The molecule has 1 aromatic heterocycles. The Morgan fingerprint density at radius 1 is 1.09 bits per heavy atom. The normalized spacial score (nSPS) is 11.9. The average molecular weight is 474 g/mol. The molecule has 0 spiro atoms. The minimum atomic E-state index is -4.41. The van der Waals surface area contributed by atoms with Gasteiger partial charge in [0.05, 0.1) is 12.1 Å². The van der Waals surface area contributed by atoms with Crippen LogP contribution >= 0.6 is 0 Å². The largest absolute Gasteiger partial charge is 0.447 e. The molecule has 0 aliphatic carbocycles. The predicted molar refractivity (Wildman–Crippen MR) is 124 cm³/mol. The second-order valence-electron chi connectivity index (χ2n) is 9.00. The number of nitrogens with one attached hydrogen (secondary N) is 1. The quantitative estimate of drug-likeness (QED) is 0.421. The van der Waals surface area contributed by atoms with Crippen LogP contribution < -0.4 is 5.32 Å². The minimum Gasteiger partial charge on any atom is -0.447 e. The molecule has 1 N–H and O–H groups in total. The van der Waals surface area contributed by atoms with E-state index in [0.717, 1.165) is 28.8 Å². The summed E-state index contributed by atoms with van der Waals surface area (Å²) in [7, 11) is 0. The number of benzene rings is 2. The van der Waals surface area contributed by atoms with E-state index in [0.29, 0.717) is 30.5 Å². The van der Waals surface area contributed by atoms with Crippen LogP contribution in [0.15, 0.2) is 53.1 Å². The fourth-order valence-electron chi connectivity index (χ4n) is 3.55. The van der Waals surface area contributed by atoms with E-state index in [4.69, 9.17) is 4.42 Å². The van der Waals surface area contributed by atoms with Crippen LogP contribution in [0.5, 0.6) is 0 Å². The summed E-state index contributed by atoms with van der Waals surface area (Å²) in [6, 6.07) is 11.4. The van der Waals surface area contributed by atoms with Crippen LogP contribution in [0.1, 0.15) is 58.0 Å². The van der Waals surface area contributed by atoms with Crippen molar-refractivity contribution in [1.82, 2.24) is 15.2 Å². The zero-order valence-corrected chi connectivity index (χ0v) is 19.9. The highest BCUT2D eigenvalue weighted by molar-refractivity contribution is 5.91. The molecule has 3 aromatic rings. The summed E-state index contributed by atoms with van der Waals surface area (Å²) in [6.45, 7) is 9.49. The predicted octanol–water partition coefficient (Wildman–Crippen LogP) is 5.90. The van der Waals surface area contributed by atoms with Gasteiger partial charge in [0.25, 0.3) is 5.91 Å². The van der Waals surface area contributed by atoms with E-state index >= 15 is 0 Å². The van der Waals surface area contributed by atoms with Crippen molar-refractivity contribution in [3.05, 3.63) is 88.1 Å². The molecule has 34 heavy (non-hydrogen) atoms. The molecule has 0 atom stereocenters. The molecule has 1 heterocycles. The van der Waals surface area contributed by atoms with Crippen LogP contribution in [-0.4, -0.2) is 22.3 Å². The summed E-state index contributed by atoms with van der Waals surface area (Å²) in [5, 5.41) is 2.80. The summed E-state index contributed by atoms with van der Waals surface area (Å²) in [5.41, 5.74) is 3.27. The molecule has 0 fully saturated rings. The maximum Gasteiger partial charge on any atom is 0.416 e. The van der Waals surface area contributed by atoms with Gasteiger partial charge in [-0.25, -0.2) is 4.98 Å². The van der Waals surface area contributed by atoms with Crippen LogP contribution in [0, 0.1) is 19.8 Å². The zero-order chi connectivity index (χ0) is 24.9. The lowest BCUT2D eigenvalue weighted by molar-refractivity contribution is -0.137. The fraction of sp³-hybridized carbons (Fsp3) is 0.385. The number of oxazole rings is 1. The van der Waals surface area contributed by atoms with Crippen molar-refractivity contribution in [3.63, 3.8) is 0 Å². The third-order valence-electron chi connectivity index (χ3n) is 5.37. The van der Waals surface area contributed by atoms with Crippen molar-refractivity contribution in [2.24, 2.45) is 5.92 Å². The molecule has 0 aliphatic rings. The van der Waals surface area contributed by atoms with Gasteiger partial charge in [0.1, 0.15) is 6.26 Å². The van der Waals surface area contributed by atoms with E-state index in [1.165, 1.54) is 12.3 Å². The lowest BCUT2D eigenvalue weighted by Gasteiger charge is -2.23. The first kappa shape index (κ1) is 25.5. The number of halogens is 3. The van der Waals surface area contributed by atoms with Crippen molar-refractivity contribution in [1.29, 1.82) is 0 Å². The number of amides is 1. The molecule has 0 saturated carbocycles. The maximum atomic E-state index is 13.2. The molecule has 1 amide bonds. The number of carbonyl (C=O) groups excluding carboxylic acids is 1. The SMILES string of the molecule is Cc1ccc(C)c(CN(Cc2cccc(C(F)(F)F)c2)Cc2nc(C(=O)NCC(C)C)co2)c1. The Bertz CT molecular complexity index is 1120. The number of aryl methyl sites for hydroxylation is 2. The van der Waals surface area contributed by atoms with Gasteiger partial charge in [-0.1, -0.05) is 55.8 Å². The number of nitrogens with zero attached hydrogens (tertiary/aromatic N) is 2. The van der Waals surface area contributed by atoms with Crippen molar-refractivity contribution < 1.29 is 22.4 Å². The van der Waals surface area contributed by atoms with E-state index in [9.17, 15) is 18.0 Å². The lowest BCUT2D eigenvalue weighted by Crippen LogP contribution is -2.27. The van der Waals surface area contributed by atoms with Gasteiger partial charge in [0.2, 0.25) is 5.89 Å². The van der Waals surface area contributed by atoms with Gasteiger partial charge in [-0.15, -0.1) is 0 Å². The first-order valence-corrected chi connectivity index (χ1v) is 11.2. The molecule has 182 valence electrons. The van der Waals surface area contributed by atoms with Crippen LogP contribution in [0.3, 0.4) is 0 Å². The highest BCUT2D eigenvalue weighted by Crippen LogP contribution is 2.30. The summed E-state index contributed by atoms with van der Waals surface area (Å²) in [4.78, 5) is 18.6. The molecule has 5 nitrogen and oxygen atoms in total. The van der Waals surface area contributed by atoms with Crippen molar-refractivity contribution >= 4 is 5.91 Å². The standard InChI is InChI=1S/C26H30F3N3O2/c1-17(2)12-30-25(33)23-16-34-24(31-23)15-32(14-21-10-18(3)8-9-19(21)4)13-20-6-5-7-22(11-20)26(27,28)29/h5-11,16-17H,12-15H2,1-4H3,(H,30,33). The highest BCUT2D eigenvalue weighted by Gasteiger charge is 2.30. The van der Waals surface area contributed by atoms with Gasteiger partial charge < -0.3 is 9.73 Å². The Kier molecular flexibility index (Phi) is 8.15. The van der Waals surface area contributed by atoms with Crippen LogP contribution in [-0.2, 0) is 25.8 Å². The Hall–Kier alpha value is -3.13. The van der Waals surface area contributed by atoms with Crippen molar-refractivity contribution in [2.75, 3.05) is 6.54 Å². The molecule has 2 aromatic carbocycles. The second kappa shape index (κ2) is 10.9.